The molecule has 0 spiro atoms. The largest absolute Gasteiger partial charge is 0.381 e. The molecule has 0 aromatic rings. The number of nitrogens with two attached hydrogens (primary N) is 1. The summed E-state index contributed by atoms with van der Waals surface area (Å²) in [7, 11) is 0. The first-order chi connectivity index (χ1) is 5.74. The fourth-order valence-corrected chi connectivity index (χ4v) is 1.51. The summed E-state index contributed by atoms with van der Waals surface area (Å²) in [5.41, 5.74) is 3.87. The molecule has 12 heavy (non-hydrogen) atoms. The summed E-state index contributed by atoms with van der Waals surface area (Å²) in [6, 6.07) is 0.247. The van der Waals surface area contributed by atoms with Crippen LogP contribution in [0.3, 0.4) is 0 Å². The molecule has 3 N–H and O–H groups in total. The van der Waals surface area contributed by atoms with E-state index in [0.29, 0.717) is 5.92 Å². The zero-order chi connectivity index (χ0) is 8.97. The lowest BCUT2D eigenvalue weighted by atomic mass is 9.96. The monoisotopic (exact) mass is 170 g/mol. The van der Waals surface area contributed by atoms with E-state index < -0.39 is 0 Å². The zero-order valence-corrected chi connectivity index (χ0v) is 7.68. The van der Waals surface area contributed by atoms with Crippen molar-refractivity contribution in [1.29, 1.82) is 0 Å². The molecule has 3 nitrogen and oxygen atoms in total. The number of ether oxygens (including phenoxy) is 1. The van der Waals surface area contributed by atoms with E-state index >= 15 is 0 Å². The van der Waals surface area contributed by atoms with Crippen molar-refractivity contribution in [1.82, 2.24) is 5.43 Å². The second-order valence-corrected chi connectivity index (χ2v) is 3.53. The first kappa shape index (κ1) is 9.71. The molecule has 0 radical (unpaired) electrons. The molecule has 0 aliphatic carbocycles. The maximum absolute atomic E-state index is 5.40. The molecule has 0 bridgehead atoms. The molecule has 1 aliphatic rings. The molecule has 1 fully saturated rings. The van der Waals surface area contributed by atoms with Crippen molar-refractivity contribution in [2.75, 3.05) is 13.2 Å². The van der Waals surface area contributed by atoms with Gasteiger partial charge in [0.1, 0.15) is 0 Å². The zero-order valence-electron chi connectivity index (χ0n) is 7.68. The van der Waals surface area contributed by atoms with Gasteiger partial charge in [-0.2, -0.15) is 0 Å². The Bertz CT molecular complexity index is 153. The number of hydrogen-bond acceptors (Lipinski definition) is 3. The van der Waals surface area contributed by atoms with Crippen molar-refractivity contribution in [3.05, 3.63) is 12.2 Å². The van der Waals surface area contributed by atoms with Crippen LogP contribution in [0, 0.1) is 5.92 Å². The summed E-state index contributed by atoms with van der Waals surface area (Å²) >= 11 is 0. The van der Waals surface area contributed by atoms with Gasteiger partial charge in [0.2, 0.25) is 0 Å². The van der Waals surface area contributed by atoms with Crippen LogP contribution >= 0.6 is 0 Å². The Morgan fingerprint density at radius 1 is 1.83 bits per heavy atom. The van der Waals surface area contributed by atoms with Gasteiger partial charge in [-0.15, -0.1) is 0 Å². The van der Waals surface area contributed by atoms with Gasteiger partial charge >= 0.3 is 0 Å². The van der Waals surface area contributed by atoms with E-state index in [4.69, 9.17) is 10.6 Å². The summed E-state index contributed by atoms with van der Waals surface area (Å²) in [4.78, 5) is 0. The predicted octanol–water partition coefficient (Wildman–Crippen LogP) is 0.821. The molecule has 3 heteroatoms. The summed E-state index contributed by atoms with van der Waals surface area (Å²) in [6.45, 7) is 7.67. The third kappa shape index (κ3) is 2.59. The maximum atomic E-state index is 5.40. The van der Waals surface area contributed by atoms with Crippen LogP contribution in [0.4, 0.5) is 0 Å². The van der Waals surface area contributed by atoms with Crippen LogP contribution in [0.5, 0.6) is 0 Å². The number of nitrogens with one attached hydrogen (secondary N) is 1. The van der Waals surface area contributed by atoms with Gasteiger partial charge in [-0.1, -0.05) is 12.2 Å². The van der Waals surface area contributed by atoms with E-state index in [9.17, 15) is 0 Å². The Labute approximate surface area is 73.9 Å². The van der Waals surface area contributed by atoms with Crippen LogP contribution in [-0.2, 0) is 4.74 Å². The van der Waals surface area contributed by atoms with Crippen molar-refractivity contribution in [2.24, 2.45) is 11.8 Å². The summed E-state index contributed by atoms with van der Waals surface area (Å²) in [6.07, 6.45) is 2.21. The predicted molar refractivity (Wildman–Crippen MR) is 49.5 cm³/mol. The van der Waals surface area contributed by atoms with E-state index in [2.05, 4.69) is 12.0 Å². The highest BCUT2D eigenvalue weighted by molar-refractivity contribution is 5.01. The van der Waals surface area contributed by atoms with Crippen LogP contribution in [0.25, 0.3) is 0 Å². The second kappa shape index (κ2) is 4.60. The molecule has 1 saturated heterocycles. The molecule has 1 rings (SSSR count). The molecule has 1 aliphatic heterocycles. The third-order valence-electron chi connectivity index (χ3n) is 2.39. The minimum atomic E-state index is 0.247. The Balaban J connectivity index is 2.30. The first-order valence-corrected chi connectivity index (χ1v) is 4.43. The second-order valence-electron chi connectivity index (χ2n) is 3.53. The lowest BCUT2D eigenvalue weighted by Gasteiger charge is -2.18. The van der Waals surface area contributed by atoms with Gasteiger partial charge in [0.05, 0.1) is 0 Å². The molecule has 0 saturated carbocycles. The summed E-state index contributed by atoms with van der Waals surface area (Å²) in [5, 5.41) is 0. The highest BCUT2D eigenvalue weighted by atomic mass is 16.5. The van der Waals surface area contributed by atoms with Crippen LogP contribution in [0.2, 0.25) is 0 Å². The first-order valence-electron chi connectivity index (χ1n) is 4.43. The minimum absolute atomic E-state index is 0.247. The van der Waals surface area contributed by atoms with E-state index in [1.54, 1.807) is 0 Å². The van der Waals surface area contributed by atoms with Crippen molar-refractivity contribution < 1.29 is 4.74 Å². The molecule has 2 atom stereocenters. The molecule has 2 unspecified atom stereocenters. The Kier molecular flexibility index (Phi) is 3.72. The molecule has 1 heterocycles. The molecular formula is C9H18N2O. The van der Waals surface area contributed by atoms with Gasteiger partial charge in [-0.3, -0.25) is 11.3 Å². The smallest absolute Gasteiger partial charge is 0.0495 e. The number of hydrogen-bond donors (Lipinski definition) is 2. The highest BCUT2D eigenvalue weighted by Crippen LogP contribution is 2.19. The van der Waals surface area contributed by atoms with Gasteiger partial charge in [0.25, 0.3) is 0 Å². The van der Waals surface area contributed by atoms with E-state index in [0.717, 1.165) is 31.6 Å². The van der Waals surface area contributed by atoms with E-state index in [1.807, 2.05) is 6.92 Å². The third-order valence-corrected chi connectivity index (χ3v) is 2.39. The van der Waals surface area contributed by atoms with Crippen molar-refractivity contribution in [2.45, 2.75) is 25.8 Å². The summed E-state index contributed by atoms with van der Waals surface area (Å²) in [5.74, 6) is 6.06. The number of rotatable bonds is 4. The maximum Gasteiger partial charge on any atom is 0.0495 e. The molecule has 0 amide bonds. The standard InChI is InChI=1S/C9H18N2O/c1-7(2)9(11-10)5-8-3-4-12-6-8/h8-9,11H,1,3-6,10H2,2H3. The van der Waals surface area contributed by atoms with Crippen molar-refractivity contribution >= 4 is 0 Å². The SMILES string of the molecule is C=C(C)C(CC1CCOC1)NN. The van der Waals surface area contributed by atoms with Gasteiger partial charge in [-0.25, -0.2) is 0 Å². The molecular weight excluding hydrogens is 152 g/mol. The average Bonchev–Trinajstić information content (AvgIpc) is 2.51. The minimum Gasteiger partial charge on any atom is -0.381 e. The molecule has 0 aromatic heterocycles. The fourth-order valence-electron chi connectivity index (χ4n) is 1.51. The van der Waals surface area contributed by atoms with Crippen LogP contribution in [0.15, 0.2) is 12.2 Å². The quantitative estimate of drug-likeness (QED) is 0.373. The Hall–Kier alpha value is -0.380. The molecule has 0 aromatic carbocycles. The lowest BCUT2D eigenvalue weighted by Crippen LogP contribution is -2.37. The lowest BCUT2D eigenvalue weighted by molar-refractivity contribution is 0.182. The van der Waals surface area contributed by atoms with Crippen molar-refractivity contribution in [3.8, 4) is 0 Å². The van der Waals surface area contributed by atoms with E-state index in [1.165, 1.54) is 0 Å². The summed E-state index contributed by atoms with van der Waals surface area (Å²) < 4.78 is 5.28. The van der Waals surface area contributed by atoms with Gasteiger partial charge in [-0.05, 0) is 25.7 Å². The van der Waals surface area contributed by atoms with Crippen LogP contribution in [-0.4, -0.2) is 19.3 Å². The average molecular weight is 170 g/mol. The normalized spacial score (nSPS) is 25.7. The van der Waals surface area contributed by atoms with Gasteiger partial charge in [0, 0.05) is 19.3 Å². The van der Waals surface area contributed by atoms with E-state index in [-0.39, 0.29) is 6.04 Å². The highest BCUT2D eigenvalue weighted by Gasteiger charge is 2.20. The Morgan fingerprint density at radius 2 is 2.58 bits per heavy atom. The van der Waals surface area contributed by atoms with Crippen LogP contribution in [0.1, 0.15) is 19.8 Å². The number of hydrazine groups is 1. The van der Waals surface area contributed by atoms with Gasteiger partial charge in [0.15, 0.2) is 0 Å². The van der Waals surface area contributed by atoms with Crippen LogP contribution < -0.4 is 11.3 Å². The topological polar surface area (TPSA) is 47.3 Å². The molecule has 70 valence electrons. The Morgan fingerprint density at radius 3 is 3.00 bits per heavy atom. The van der Waals surface area contributed by atoms with Crippen molar-refractivity contribution in [3.63, 3.8) is 0 Å². The van der Waals surface area contributed by atoms with Gasteiger partial charge < -0.3 is 4.74 Å². The fraction of sp³-hybridized carbons (Fsp3) is 0.778.